The van der Waals surface area contributed by atoms with Crippen molar-refractivity contribution < 1.29 is 57.7 Å². The van der Waals surface area contributed by atoms with Crippen molar-refractivity contribution in [1.29, 1.82) is 0 Å². The molecule has 224 valence electrons. The molecule has 1 atom stereocenters. The topological polar surface area (TPSA) is 0 Å². The van der Waals surface area contributed by atoms with Gasteiger partial charge in [-0.1, -0.05) is 0 Å². The first kappa shape index (κ1) is 39.4. The third-order valence-electron chi connectivity index (χ3n) is 9.48. The average molecular weight is 706 g/mol. The second kappa shape index (κ2) is 13.8. The standard InChI is InChI=1S/C35H47Si3.3ClH.Ti/c1-25-19-26(2)21-34(20-25)38(35(6)24-27(3)28(4)29(35)5,32-17-13-15-30(22-32)36(7,8)9)33-18-14-16-31(23-33)37(10,11)12;;;;/h13-23H,1-12H3;3*1H;/q;;;;+3/p-3. The van der Waals surface area contributed by atoms with Crippen LogP contribution in [-0.2, 0) is 20.4 Å². The minimum Gasteiger partial charge on any atom is -1.00 e. The predicted molar refractivity (Wildman–Crippen MR) is 179 cm³/mol. The molecule has 0 radical (unpaired) electrons. The van der Waals surface area contributed by atoms with E-state index in [0.29, 0.717) is 0 Å². The maximum Gasteiger partial charge on any atom is -1.00 e. The number of hydrogen-bond donors (Lipinski definition) is 0. The summed E-state index contributed by atoms with van der Waals surface area (Å²) in [4.78, 5) is 0. The monoisotopic (exact) mass is 704 g/mol. The molecule has 0 saturated carbocycles. The number of rotatable bonds is 6. The summed E-state index contributed by atoms with van der Waals surface area (Å²) in [6, 6.07) is 27.2. The van der Waals surface area contributed by atoms with Crippen LogP contribution in [0.15, 0.2) is 87.3 Å². The summed E-state index contributed by atoms with van der Waals surface area (Å²) in [6.07, 6.45) is 0. The van der Waals surface area contributed by atoms with Crippen LogP contribution < -0.4 is 63.2 Å². The number of aryl methyl sites for hydroxylation is 2. The van der Waals surface area contributed by atoms with Crippen molar-refractivity contribution in [2.45, 2.75) is 85.9 Å². The Morgan fingerprint density at radius 1 is 0.524 bits per heavy atom. The maximum absolute atomic E-state index is 2.68. The van der Waals surface area contributed by atoms with Gasteiger partial charge in [0.25, 0.3) is 0 Å². The molecule has 0 aliphatic heterocycles. The van der Waals surface area contributed by atoms with E-state index in [1.165, 1.54) is 22.3 Å². The van der Waals surface area contributed by atoms with Gasteiger partial charge in [-0.25, -0.2) is 0 Å². The van der Waals surface area contributed by atoms with Crippen molar-refractivity contribution >= 4 is 50.2 Å². The summed E-state index contributed by atoms with van der Waals surface area (Å²) in [5.41, 5.74) is 7.25. The second-order valence-electron chi connectivity index (χ2n) is 14.2. The zero-order valence-corrected chi connectivity index (χ0v) is 34.3. The van der Waals surface area contributed by atoms with E-state index in [1.54, 1.807) is 35.4 Å². The van der Waals surface area contributed by atoms with Gasteiger partial charge in [0, 0.05) is 0 Å². The van der Waals surface area contributed by atoms with Crippen LogP contribution in [0.3, 0.4) is 0 Å². The number of benzene rings is 3. The first-order valence-corrected chi connectivity index (χ1v) is 24.2. The molecule has 0 bridgehead atoms. The molecule has 1 unspecified atom stereocenters. The van der Waals surface area contributed by atoms with Crippen molar-refractivity contribution in [3.05, 3.63) is 98.5 Å². The van der Waals surface area contributed by atoms with E-state index in [4.69, 9.17) is 0 Å². The van der Waals surface area contributed by atoms with E-state index in [9.17, 15) is 0 Å². The van der Waals surface area contributed by atoms with Gasteiger partial charge in [-0.05, 0) is 0 Å². The van der Waals surface area contributed by atoms with Gasteiger partial charge < -0.3 is 37.2 Å². The molecule has 1 aliphatic carbocycles. The second-order valence-corrected chi connectivity index (χ2v) is 29.3. The van der Waals surface area contributed by atoms with Crippen molar-refractivity contribution in [2.24, 2.45) is 0 Å². The third kappa shape index (κ3) is 6.51. The van der Waals surface area contributed by atoms with Crippen LogP contribution >= 0.6 is 0 Å². The Kier molecular flexibility index (Phi) is 12.9. The molecule has 1 aliphatic rings. The SMILES string of the molecule is CC1=C(C)C(C)([Si](c2cc(C)cc(C)c2)(c2cccc([Si](C)(C)C)c2)c2cccc([Si](C)(C)C)c2)[C]([Ti+3])=C1C.[Cl-].[Cl-].[Cl-]. The molecule has 42 heavy (non-hydrogen) atoms. The van der Waals surface area contributed by atoms with Crippen LogP contribution in [0.1, 0.15) is 38.8 Å². The van der Waals surface area contributed by atoms with E-state index in [0.717, 1.165) is 0 Å². The summed E-state index contributed by atoms with van der Waals surface area (Å²) in [7, 11) is -5.73. The first-order chi connectivity index (χ1) is 18.0. The molecule has 0 amide bonds. The zero-order valence-electron chi connectivity index (χ0n) is 27.5. The molecule has 3 aromatic carbocycles. The molecule has 4 rings (SSSR count). The Balaban J connectivity index is 0.00000294. The molecule has 0 nitrogen and oxygen atoms in total. The Bertz CT molecular complexity index is 1410. The van der Waals surface area contributed by atoms with Crippen LogP contribution in [-0.4, -0.2) is 24.2 Å². The summed E-state index contributed by atoms with van der Waals surface area (Å²) in [5, 5.41) is 7.70. The minimum atomic E-state index is -2.68. The molecule has 0 N–H and O–H groups in total. The Morgan fingerprint density at radius 2 is 0.905 bits per heavy atom. The summed E-state index contributed by atoms with van der Waals surface area (Å²) < 4.78 is 1.56. The van der Waals surface area contributed by atoms with E-state index in [2.05, 4.69) is 168 Å². The Morgan fingerprint density at radius 3 is 1.24 bits per heavy atom. The molecule has 0 aromatic heterocycles. The third-order valence-corrected chi connectivity index (χ3v) is 21.0. The van der Waals surface area contributed by atoms with E-state index >= 15 is 0 Å². The van der Waals surface area contributed by atoms with Crippen molar-refractivity contribution in [3.63, 3.8) is 0 Å². The Hall–Kier alpha value is -0.625. The number of allylic oxidation sites excluding steroid dienone is 4. The van der Waals surface area contributed by atoms with Gasteiger partial charge in [0.05, 0.1) is 0 Å². The normalized spacial score (nSPS) is 17.5. The van der Waals surface area contributed by atoms with Gasteiger partial charge in [-0.2, -0.15) is 0 Å². The van der Waals surface area contributed by atoms with Crippen molar-refractivity contribution in [1.82, 2.24) is 0 Å². The van der Waals surface area contributed by atoms with Gasteiger partial charge in [-0.15, -0.1) is 0 Å². The van der Waals surface area contributed by atoms with Gasteiger partial charge in [0.2, 0.25) is 0 Å². The largest absolute Gasteiger partial charge is 1.00 e. The van der Waals surface area contributed by atoms with Crippen LogP contribution in [0.5, 0.6) is 0 Å². The molecule has 7 heteroatoms. The minimum absolute atomic E-state index is 0. The van der Waals surface area contributed by atoms with Crippen LogP contribution in [0.2, 0.25) is 44.3 Å². The fourth-order valence-electron chi connectivity index (χ4n) is 6.87. The molecule has 0 fully saturated rings. The quantitative estimate of drug-likeness (QED) is 0.202. The van der Waals surface area contributed by atoms with Gasteiger partial charge in [0.1, 0.15) is 0 Å². The van der Waals surface area contributed by atoms with E-state index < -0.39 is 24.2 Å². The Labute approximate surface area is 289 Å². The van der Waals surface area contributed by atoms with Crippen LogP contribution in [0.25, 0.3) is 0 Å². The van der Waals surface area contributed by atoms with Crippen LogP contribution in [0, 0.1) is 13.8 Å². The van der Waals surface area contributed by atoms with E-state index in [1.807, 2.05) is 0 Å². The zero-order chi connectivity index (χ0) is 29.1. The smallest absolute Gasteiger partial charge is 1.00 e. The summed E-state index contributed by atoms with van der Waals surface area (Å²) in [6.45, 7) is 29.2. The molecule has 3 aromatic rings. The van der Waals surface area contributed by atoms with Crippen molar-refractivity contribution in [3.8, 4) is 0 Å². The van der Waals surface area contributed by atoms with Crippen LogP contribution in [0.4, 0.5) is 0 Å². The van der Waals surface area contributed by atoms with Gasteiger partial charge in [0.15, 0.2) is 0 Å². The molecule has 0 heterocycles. The van der Waals surface area contributed by atoms with Gasteiger partial charge in [-0.3, -0.25) is 0 Å². The molecule has 0 saturated heterocycles. The molecule has 0 spiro atoms. The summed E-state index contributed by atoms with van der Waals surface area (Å²) in [5.74, 6) is 0. The summed E-state index contributed by atoms with van der Waals surface area (Å²) >= 11 is 2.43. The molecular weight excluding hydrogens is 659 g/mol. The molecular formula is C35H47Cl3Si3Ti. The number of hydrogen-bond acceptors (Lipinski definition) is 0. The predicted octanol–water partition coefficient (Wildman–Crippen LogP) is -2.19. The van der Waals surface area contributed by atoms with Gasteiger partial charge >= 0.3 is 255 Å². The number of halogens is 3. The van der Waals surface area contributed by atoms with E-state index in [-0.39, 0.29) is 42.3 Å². The maximum atomic E-state index is 2.64. The first-order valence-electron chi connectivity index (χ1n) is 14.4. The average Bonchev–Trinajstić information content (AvgIpc) is 2.99. The van der Waals surface area contributed by atoms with Crippen molar-refractivity contribution in [2.75, 3.05) is 0 Å². The fourth-order valence-corrected chi connectivity index (χ4v) is 17.4. The fraction of sp³-hybridized carbons (Fsp3) is 0.371.